The van der Waals surface area contributed by atoms with Crippen LogP contribution in [0.2, 0.25) is 0 Å². The Hall–Kier alpha value is -1.82. The van der Waals surface area contributed by atoms with Crippen LogP contribution < -0.4 is 5.32 Å². The molecule has 1 aromatic rings. The number of nitrogens with zero attached hydrogens (tertiary/aromatic N) is 2. The lowest BCUT2D eigenvalue weighted by atomic mass is 9.98. The van der Waals surface area contributed by atoms with Crippen LogP contribution in [0.15, 0.2) is 22.8 Å². The first-order chi connectivity index (χ1) is 12.2. The van der Waals surface area contributed by atoms with Crippen molar-refractivity contribution in [3.63, 3.8) is 0 Å². The van der Waals surface area contributed by atoms with Crippen LogP contribution >= 0.6 is 0 Å². The Morgan fingerprint density at radius 3 is 2.64 bits per heavy atom. The molecule has 25 heavy (non-hydrogen) atoms. The highest BCUT2D eigenvalue weighted by molar-refractivity contribution is 6.35. The molecule has 1 atom stereocenters. The van der Waals surface area contributed by atoms with E-state index in [0.29, 0.717) is 25.6 Å². The average Bonchev–Trinajstić information content (AvgIpc) is 2.98. The molecule has 3 rings (SSSR count). The molecule has 138 valence electrons. The molecule has 0 aliphatic carbocycles. The fraction of sp³-hybridized carbons (Fsp3) is 0.684. The van der Waals surface area contributed by atoms with Gasteiger partial charge in [-0.2, -0.15) is 0 Å². The maximum atomic E-state index is 12.3. The number of carbonyl (C=O) groups is 2. The smallest absolute Gasteiger partial charge is 0.311 e. The van der Waals surface area contributed by atoms with Gasteiger partial charge in [0.1, 0.15) is 5.76 Å². The number of hydrogen-bond acceptors (Lipinski definition) is 4. The molecule has 6 heteroatoms. The second-order valence-electron chi connectivity index (χ2n) is 7.24. The van der Waals surface area contributed by atoms with Crippen LogP contribution in [-0.4, -0.2) is 54.3 Å². The molecule has 2 saturated heterocycles. The summed E-state index contributed by atoms with van der Waals surface area (Å²) in [6.07, 6.45) is 8.21. The van der Waals surface area contributed by atoms with E-state index in [-0.39, 0.29) is 5.91 Å². The third-order valence-corrected chi connectivity index (χ3v) is 5.20. The van der Waals surface area contributed by atoms with E-state index in [4.69, 9.17) is 4.42 Å². The largest absolute Gasteiger partial charge is 0.468 e. The van der Waals surface area contributed by atoms with Gasteiger partial charge in [0, 0.05) is 26.2 Å². The SMILES string of the molecule is O=C(NCC1CCCN(Cc2ccco2)C1)C(=O)N1CCCCCC1. The van der Waals surface area contributed by atoms with Gasteiger partial charge in [-0.1, -0.05) is 12.8 Å². The van der Waals surface area contributed by atoms with Crippen LogP contribution in [0.4, 0.5) is 0 Å². The lowest BCUT2D eigenvalue weighted by molar-refractivity contribution is -0.145. The molecule has 2 aliphatic heterocycles. The predicted octanol–water partition coefficient (Wildman–Crippen LogP) is 2.01. The van der Waals surface area contributed by atoms with Crippen molar-refractivity contribution in [3.8, 4) is 0 Å². The average molecular weight is 347 g/mol. The van der Waals surface area contributed by atoms with Crippen LogP contribution in [0.5, 0.6) is 0 Å². The molecule has 1 N–H and O–H groups in total. The Bertz CT molecular complexity index is 550. The zero-order valence-electron chi connectivity index (χ0n) is 14.9. The molecule has 2 fully saturated rings. The number of nitrogens with one attached hydrogen (secondary N) is 1. The molecule has 0 bridgehead atoms. The molecular weight excluding hydrogens is 318 g/mol. The quantitative estimate of drug-likeness (QED) is 0.846. The van der Waals surface area contributed by atoms with Gasteiger partial charge in [0.25, 0.3) is 0 Å². The first-order valence-corrected chi connectivity index (χ1v) is 9.54. The summed E-state index contributed by atoms with van der Waals surface area (Å²) in [5.41, 5.74) is 0. The van der Waals surface area contributed by atoms with Gasteiger partial charge in [-0.3, -0.25) is 14.5 Å². The van der Waals surface area contributed by atoms with E-state index < -0.39 is 5.91 Å². The van der Waals surface area contributed by atoms with E-state index in [2.05, 4.69) is 10.2 Å². The highest BCUT2D eigenvalue weighted by Crippen LogP contribution is 2.18. The summed E-state index contributed by atoms with van der Waals surface area (Å²) >= 11 is 0. The van der Waals surface area contributed by atoms with Crippen molar-refractivity contribution in [2.24, 2.45) is 5.92 Å². The van der Waals surface area contributed by atoms with Crippen molar-refractivity contribution in [1.29, 1.82) is 0 Å². The van der Waals surface area contributed by atoms with Crippen LogP contribution in [0, 0.1) is 5.92 Å². The fourth-order valence-electron chi connectivity index (χ4n) is 3.81. The number of piperidine rings is 1. The Morgan fingerprint density at radius 1 is 1.12 bits per heavy atom. The molecule has 0 saturated carbocycles. The molecule has 1 aromatic heterocycles. The van der Waals surface area contributed by atoms with E-state index in [0.717, 1.165) is 63.9 Å². The maximum absolute atomic E-state index is 12.3. The summed E-state index contributed by atoms with van der Waals surface area (Å²) in [6.45, 7) is 4.80. The van der Waals surface area contributed by atoms with E-state index in [1.165, 1.54) is 0 Å². The van der Waals surface area contributed by atoms with Crippen molar-refractivity contribution in [3.05, 3.63) is 24.2 Å². The molecular formula is C19H29N3O3. The van der Waals surface area contributed by atoms with Crippen molar-refractivity contribution < 1.29 is 14.0 Å². The van der Waals surface area contributed by atoms with E-state index >= 15 is 0 Å². The highest BCUT2D eigenvalue weighted by atomic mass is 16.3. The van der Waals surface area contributed by atoms with Crippen molar-refractivity contribution in [2.75, 3.05) is 32.7 Å². The Kier molecular flexibility index (Phi) is 6.50. The summed E-state index contributed by atoms with van der Waals surface area (Å²) in [5.74, 6) is 0.570. The van der Waals surface area contributed by atoms with Crippen LogP contribution in [-0.2, 0) is 16.1 Å². The Morgan fingerprint density at radius 2 is 1.92 bits per heavy atom. The summed E-state index contributed by atoms with van der Waals surface area (Å²) in [7, 11) is 0. The normalized spacial score (nSPS) is 22.4. The number of rotatable bonds is 4. The van der Waals surface area contributed by atoms with E-state index in [1.54, 1.807) is 11.2 Å². The van der Waals surface area contributed by atoms with Gasteiger partial charge in [-0.25, -0.2) is 0 Å². The number of likely N-dealkylation sites (tertiary alicyclic amines) is 2. The Labute approximate surface area is 149 Å². The second kappa shape index (κ2) is 9.04. The molecule has 2 amide bonds. The molecule has 2 aliphatic rings. The maximum Gasteiger partial charge on any atom is 0.311 e. The van der Waals surface area contributed by atoms with Crippen molar-refractivity contribution in [2.45, 2.75) is 45.1 Å². The first-order valence-electron chi connectivity index (χ1n) is 9.54. The summed E-state index contributed by atoms with van der Waals surface area (Å²) in [6, 6.07) is 3.90. The monoisotopic (exact) mass is 347 g/mol. The van der Waals surface area contributed by atoms with Gasteiger partial charge in [-0.15, -0.1) is 0 Å². The zero-order chi connectivity index (χ0) is 17.5. The van der Waals surface area contributed by atoms with Gasteiger partial charge in [0.05, 0.1) is 12.8 Å². The minimum Gasteiger partial charge on any atom is -0.468 e. The number of carbonyl (C=O) groups excluding carboxylic acids is 2. The molecule has 3 heterocycles. The summed E-state index contributed by atoms with van der Waals surface area (Å²) < 4.78 is 5.42. The minimum absolute atomic E-state index is 0.356. The summed E-state index contributed by atoms with van der Waals surface area (Å²) in [5, 5.41) is 2.87. The van der Waals surface area contributed by atoms with E-state index in [1.807, 2.05) is 12.1 Å². The van der Waals surface area contributed by atoms with Gasteiger partial charge in [0.15, 0.2) is 0 Å². The van der Waals surface area contributed by atoms with E-state index in [9.17, 15) is 9.59 Å². The van der Waals surface area contributed by atoms with Gasteiger partial charge in [0.2, 0.25) is 0 Å². The zero-order valence-corrected chi connectivity index (χ0v) is 14.9. The third-order valence-electron chi connectivity index (χ3n) is 5.20. The standard InChI is InChI=1S/C19H29N3O3/c23-18(19(24)22-10-3-1-2-4-11-22)20-13-16-7-5-9-21(14-16)15-17-8-6-12-25-17/h6,8,12,16H,1-5,7,9-11,13-15H2,(H,20,23). The van der Waals surface area contributed by atoms with Gasteiger partial charge in [-0.05, 0) is 50.3 Å². The molecule has 1 unspecified atom stereocenters. The highest BCUT2D eigenvalue weighted by Gasteiger charge is 2.25. The van der Waals surface area contributed by atoms with Gasteiger partial charge < -0.3 is 14.6 Å². The number of amides is 2. The van der Waals surface area contributed by atoms with Crippen LogP contribution in [0.3, 0.4) is 0 Å². The minimum atomic E-state index is -0.440. The third kappa shape index (κ3) is 5.33. The molecule has 0 radical (unpaired) electrons. The number of hydrogen-bond donors (Lipinski definition) is 1. The van der Waals surface area contributed by atoms with Crippen molar-refractivity contribution >= 4 is 11.8 Å². The topological polar surface area (TPSA) is 65.8 Å². The first kappa shape index (κ1) is 18.0. The van der Waals surface area contributed by atoms with Crippen LogP contribution in [0.25, 0.3) is 0 Å². The van der Waals surface area contributed by atoms with Crippen LogP contribution in [0.1, 0.15) is 44.3 Å². The molecule has 0 aromatic carbocycles. The molecule has 0 spiro atoms. The van der Waals surface area contributed by atoms with Crippen molar-refractivity contribution in [1.82, 2.24) is 15.1 Å². The number of furan rings is 1. The Balaban J connectivity index is 1.42. The fourth-order valence-corrected chi connectivity index (χ4v) is 3.81. The lowest BCUT2D eigenvalue weighted by Gasteiger charge is -2.32. The second-order valence-corrected chi connectivity index (χ2v) is 7.24. The lowest BCUT2D eigenvalue weighted by Crippen LogP contribution is -2.46. The van der Waals surface area contributed by atoms with Gasteiger partial charge >= 0.3 is 11.8 Å². The molecule has 6 nitrogen and oxygen atoms in total. The summed E-state index contributed by atoms with van der Waals surface area (Å²) in [4.78, 5) is 28.6. The predicted molar refractivity (Wildman–Crippen MR) is 94.8 cm³/mol.